The topological polar surface area (TPSA) is 43.5 Å². The van der Waals surface area contributed by atoms with Crippen molar-refractivity contribution in [1.82, 2.24) is 0 Å². The Morgan fingerprint density at radius 3 is 2.19 bits per heavy atom. The first-order chi connectivity index (χ1) is 10.2. The lowest BCUT2D eigenvalue weighted by atomic mass is 10.0. The van der Waals surface area contributed by atoms with Gasteiger partial charge in [0.05, 0.1) is 39.6 Å². The maximum absolute atomic E-state index is 5.72. The van der Waals surface area contributed by atoms with Crippen LogP contribution in [0.4, 0.5) is 0 Å². The average molecular weight is 290 g/mol. The van der Waals surface area contributed by atoms with Crippen LogP contribution in [0.2, 0.25) is 0 Å². The second-order valence-corrected chi connectivity index (χ2v) is 5.70. The summed E-state index contributed by atoms with van der Waals surface area (Å²) in [6, 6.07) is 6.33. The van der Waals surface area contributed by atoms with E-state index in [1.165, 1.54) is 0 Å². The number of epoxide rings is 2. The van der Waals surface area contributed by atoms with Gasteiger partial charge in [-0.3, -0.25) is 0 Å². The SMILES string of the molecule is C=C(C)c1ccc(COCC2CO2)c(COCC2CO2)c1. The third-order valence-corrected chi connectivity index (χ3v) is 3.63. The van der Waals surface area contributed by atoms with Crippen molar-refractivity contribution in [2.24, 2.45) is 0 Å². The Bertz CT molecular complexity index is 504. The molecule has 114 valence electrons. The van der Waals surface area contributed by atoms with Gasteiger partial charge in [0.2, 0.25) is 0 Å². The minimum atomic E-state index is 0.293. The summed E-state index contributed by atoms with van der Waals surface area (Å²) in [4.78, 5) is 0. The van der Waals surface area contributed by atoms with Crippen LogP contribution in [0, 0.1) is 0 Å². The van der Waals surface area contributed by atoms with Crippen molar-refractivity contribution < 1.29 is 18.9 Å². The highest BCUT2D eigenvalue weighted by Gasteiger charge is 2.23. The largest absolute Gasteiger partial charge is 0.374 e. The molecule has 0 aromatic heterocycles. The molecule has 21 heavy (non-hydrogen) atoms. The lowest BCUT2D eigenvalue weighted by Gasteiger charge is -2.12. The zero-order chi connectivity index (χ0) is 14.7. The number of allylic oxidation sites excluding steroid dienone is 1. The number of hydrogen-bond acceptors (Lipinski definition) is 4. The zero-order valence-electron chi connectivity index (χ0n) is 12.5. The molecule has 0 bridgehead atoms. The minimum Gasteiger partial charge on any atom is -0.374 e. The maximum Gasteiger partial charge on any atom is 0.104 e. The summed E-state index contributed by atoms with van der Waals surface area (Å²) in [5, 5.41) is 0. The van der Waals surface area contributed by atoms with E-state index in [-0.39, 0.29) is 0 Å². The van der Waals surface area contributed by atoms with Crippen LogP contribution in [0.15, 0.2) is 24.8 Å². The molecule has 0 N–H and O–H groups in total. The number of ether oxygens (including phenoxy) is 4. The van der Waals surface area contributed by atoms with Gasteiger partial charge in [0.15, 0.2) is 0 Å². The lowest BCUT2D eigenvalue weighted by Crippen LogP contribution is -2.07. The van der Waals surface area contributed by atoms with Gasteiger partial charge in [-0.1, -0.05) is 24.3 Å². The molecule has 0 saturated carbocycles. The predicted molar refractivity (Wildman–Crippen MR) is 79.9 cm³/mol. The van der Waals surface area contributed by atoms with Crippen molar-refractivity contribution in [2.45, 2.75) is 32.3 Å². The van der Waals surface area contributed by atoms with Gasteiger partial charge in [0.1, 0.15) is 12.2 Å². The summed E-state index contributed by atoms with van der Waals surface area (Å²) in [5.41, 5.74) is 4.52. The molecular weight excluding hydrogens is 268 g/mol. The molecule has 1 aromatic carbocycles. The fourth-order valence-corrected chi connectivity index (χ4v) is 2.10. The van der Waals surface area contributed by atoms with E-state index in [4.69, 9.17) is 18.9 Å². The fraction of sp³-hybridized carbons (Fsp3) is 0.529. The third kappa shape index (κ3) is 4.64. The number of rotatable bonds is 9. The standard InChI is InChI=1S/C17H22O4/c1-12(2)13-3-4-14(6-18-8-16-10-20-16)15(5-13)7-19-9-17-11-21-17/h3-5,16-17H,1,6-11H2,2H3. The Morgan fingerprint density at radius 2 is 1.67 bits per heavy atom. The van der Waals surface area contributed by atoms with Gasteiger partial charge < -0.3 is 18.9 Å². The summed E-state index contributed by atoms with van der Waals surface area (Å²) in [6.45, 7) is 10.2. The van der Waals surface area contributed by atoms with E-state index >= 15 is 0 Å². The molecule has 0 aliphatic carbocycles. The number of hydrogen-bond donors (Lipinski definition) is 0. The monoisotopic (exact) mass is 290 g/mol. The van der Waals surface area contributed by atoms with Crippen LogP contribution in [-0.2, 0) is 32.2 Å². The van der Waals surface area contributed by atoms with E-state index in [0.29, 0.717) is 38.6 Å². The third-order valence-electron chi connectivity index (χ3n) is 3.63. The fourth-order valence-electron chi connectivity index (χ4n) is 2.10. The molecule has 2 saturated heterocycles. The summed E-state index contributed by atoms with van der Waals surface area (Å²) in [6.07, 6.45) is 0.590. The molecule has 2 unspecified atom stereocenters. The zero-order valence-corrected chi connectivity index (χ0v) is 12.5. The Balaban J connectivity index is 1.60. The Morgan fingerprint density at radius 1 is 1.10 bits per heavy atom. The second kappa shape index (κ2) is 6.71. The first-order valence-electron chi connectivity index (χ1n) is 7.39. The van der Waals surface area contributed by atoms with Gasteiger partial charge >= 0.3 is 0 Å². The molecule has 1 aromatic rings. The van der Waals surface area contributed by atoms with Gasteiger partial charge in [-0.25, -0.2) is 0 Å². The molecule has 3 rings (SSSR count). The number of benzene rings is 1. The molecule has 0 amide bonds. The highest BCUT2D eigenvalue weighted by molar-refractivity contribution is 5.62. The Hall–Kier alpha value is -1.20. The van der Waals surface area contributed by atoms with E-state index in [0.717, 1.165) is 35.5 Å². The van der Waals surface area contributed by atoms with Gasteiger partial charge in [0, 0.05) is 0 Å². The molecule has 2 heterocycles. The molecule has 2 atom stereocenters. The first-order valence-corrected chi connectivity index (χ1v) is 7.39. The van der Waals surface area contributed by atoms with Crippen LogP contribution < -0.4 is 0 Å². The Kier molecular flexibility index (Phi) is 4.70. The van der Waals surface area contributed by atoms with Crippen LogP contribution >= 0.6 is 0 Å². The summed E-state index contributed by atoms with van der Waals surface area (Å²) >= 11 is 0. The normalized spacial score (nSPS) is 23.1. The molecule has 2 fully saturated rings. The molecule has 2 aliphatic heterocycles. The first kappa shape index (κ1) is 14.7. The van der Waals surface area contributed by atoms with Crippen molar-refractivity contribution in [3.05, 3.63) is 41.5 Å². The van der Waals surface area contributed by atoms with Crippen LogP contribution in [-0.4, -0.2) is 38.6 Å². The van der Waals surface area contributed by atoms with Gasteiger partial charge in [-0.15, -0.1) is 0 Å². The highest BCUT2D eigenvalue weighted by atomic mass is 16.6. The molecule has 0 radical (unpaired) electrons. The van der Waals surface area contributed by atoms with Crippen LogP contribution in [0.25, 0.3) is 5.57 Å². The molecule has 0 spiro atoms. The lowest BCUT2D eigenvalue weighted by molar-refractivity contribution is 0.0917. The van der Waals surface area contributed by atoms with Gasteiger partial charge in [-0.05, 0) is 29.7 Å². The van der Waals surface area contributed by atoms with Crippen LogP contribution in [0.3, 0.4) is 0 Å². The summed E-state index contributed by atoms with van der Waals surface area (Å²) < 4.78 is 21.7. The summed E-state index contributed by atoms with van der Waals surface area (Å²) in [7, 11) is 0. The van der Waals surface area contributed by atoms with E-state index in [1.54, 1.807) is 0 Å². The van der Waals surface area contributed by atoms with Crippen molar-refractivity contribution in [2.75, 3.05) is 26.4 Å². The summed E-state index contributed by atoms with van der Waals surface area (Å²) in [5.74, 6) is 0. The predicted octanol–water partition coefficient (Wildman–Crippen LogP) is 2.55. The smallest absolute Gasteiger partial charge is 0.104 e. The maximum atomic E-state index is 5.72. The van der Waals surface area contributed by atoms with Gasteiger partial charge in [0.25, 0.3) is 0 Å². The van der Waals surface area contributed by atoms with Crippen molar-refractivity contribution in [1.29, 1.82) is 0 Å². The van der Waals surface area contributed by atoms with Crippen LogP contribution in [0.1, 0.15) is 23.6 Å². The van der Waals surface area contributed by atoms with Gasteiger partial charge in [-0.2, -0.15) is 0 Å². The molecule has 2 aliphatic rings. The van der Waals surface area contributed by atoms with E-state index < -0.39 is 0 Å². The van der Waals surface area contributed by atoms with Crippen molar-refractivity contribution in [3.8, 4) is 0 Å². The molecule has 4 nitrogen and oxygen atoms in total. The quantitative estimate of drug-likeness (QED) is 0.656. The molecule has 4 heteroatoms. The van der Waals surface area contributed by atoms with E-state index in [2.05, 4.69) is 24.8 Å². The molecular formula is C17H22O4. The minimum absolute atomic E-state index is 0.293. The van der Waals surface area contributed by atoms with Crippen molar-refractivity contribution in [3.63, 3.8) is 0 Å². The average Bonchev–Trinajstić information content (AvgIpc) is 3.34. The van der Waals surface area contributed by atoms with E-state index in [9.17, 15) is 0 Å². The van der Waals surface area contributed by atoms with E-state index in [1.807, 2.05) is 6.92 Å². The van der Waals surface area contributed by atoms with Crippen LogP contribution in [0.5, 0.6) is 0 Å². The Labute approximate surface area is 125 Å². The van der Waals surface area contributed by atoms with Crippen molar-refractivity contribution >= 4 is 5.57 Å². The second-order valence-electron chi connectivity index (χ2n) is 5.70. The highest BCUT2D eigenvalue weighted by Crippen LogP contribution is 2.20.